The SMILES string of the molecule is COc1ccc(/C(C)=C/C(=O)Nc2ccc([N+](=O)[O-])cc2)c(OC)c1. The smallest absolute Gasteiger partial charge is 0.269 e. The molecule has 0 bridgehead atoms. The van der Waals surface area contributed by atoms with Gasteiger partial charge in [-0.3, -0.25) is 14.9 Å². The average molecular weight is 342 g/mol. The van der Waals surface area contributed by atoms with Gasteiger partial charge in [-0.2, -0.15) is 0 Å². The molecule has 2 aromatic carbocycles. The molecule has 0 saturated carbocycles. The maximum absolute atomic E-state index is 12.2. The Labute approximate surface area is 145 Å². The summed E-state index contributed by atoms with van der Waals surface area (Å²) >= 11 is 0. The van der Waals surface area contributed by atoms with Gasteiger partial charge in [-0.15, -0.1) is 0 Å². The van der Waals surface area contributed by atoms with E-state index < -0.39 is 4.92 Å². The maximum atomic E-state index is 12.2. The van der Waals surface area contributed by atoms with E-state index in [9.17, 15) is 14.9 Å². The molecule has 1 N–H and O–H groups in total. The number of allylic oxidation sites excluding steroid dienone is 1. The lowest BCUT2D eigenvalue weighted by atomic mass is 10.1. The first-order valence-electron chi connectivity index (χ1n) is 7.40. The van der Waals surface area contributed by atoms with Crippen LogP contribution in [0.25, 0.3) is 5.57 Å². The molecular formula is C18H18N2O5. The van der Waals surface area contributed by atoms with E-state index in [0.717, 1.165) is 5.56 Å². The minimum Gasteiger partial charge on any atom is -0.497 e. The summed E-state index contributed by atoms with van der Waals surface area (Å²) in [4.78, 5) is 22.3. The molecule has 2 rings (SSSR count). The predicted molar refractivity (Wildman–Crippen MR) is 94.9 cm³/mol. The van der Waals surface area contributed by atoms with E-state index in [0.29, 0.717) is 22.8 Å². The van der Waals surface area contributed by atoms with Crippen molar-refractivity contribution in [1.29, 1.82) is 0 Å². The number of carbonyl (C=O) groups excluding carboxylic acids is 1. The number of carbonyl (C=O) groups is 1. The van der Waals surface area contributed by atoms with E-state index >= 15 is 0 Å². The lowest BCUT2D eigenvalue weighted by molar-refractivity contribution is -0.384. The second-order valence-electron chi connectivity index (χ2n) is 5.19. The molecule has 0 aliphatic carbocycles. The molecule has 130 valence electrons. The molecule has 0 radical (unpaired) electrons. The van der Waals surface area contributed by atoms with Gasteiger partial charge in [0.25, 0.3) is 5.69 Å². The van der Waals surface area contributed by atoms with Crippen molar-refractivity contribution in [2.45, 2.75) is 6.92 Å². The molecule has 2 aromatic rings. The van der Waals surface area contributed by atoms with Crippen molar-refractivity contribution >= 4 is 22.9 Å². The van der Waals surface area contributed by atoms with Gasteiger partial charge < -0.3 is 14.8 Å². The minimum atomic E-state index is -0.494. The van der Waals surface area contributed by atoms with Gasteiger partial charge in [0.1, 0.15) is 11.5 Å². The van der Waals surface area contributed by atoms with Gasteiger partial charge >= 0.3 is 0 Å². The zero-order valence-corrected chi connectivity index (χ0v) is 14.1. The van der Waals surface area contributed by atoms with Gasteiger partial charge in [-0.25, -0.2) is 0 Å². The predicted octanol–water partition coefficient (Wildman–Crippen LogP) is 3.65. The van der Waals surface area contributed by atoms with Crippen LogP contribution in [0.1, 0.15) is 12.5 Å². The highest BCUT2D eigenvalue weighted by Crippen LogP contribution is 2.30. The number of nitrogens with zero attached hydrogens (tertiary/aromatic N) is 1. The number of amides is 1. The number of non-ortho nitro benzene ring substituents is 1. The van der Waals surface area contributed by atoms with Gasteiger partial charge in [0.15, 0.2) is 0 Å². The molecule has 7 nitrogen and oxygen atoms in total. The highest BCUT2D eigenvalue weighted by atomic mass is 16.6. The van der Waals surface area contributed by atoms with Crippen LogP contribution in [0, 0.1) is 10.1 Å². The lowest BCUT2D eigenvalue weighted by Crippen LogP contribution is -2.08. The van der Waals surface area contributed by atoms with E-state index in [4.69, 9.17) is 9.47 Å². The average Bonchev–Trinajstić information content (AvgIpc) is 2.61. The number of benzene rings is 2. The summed E-state index contributed by atoms with van der Waals surface area (Å²) in [6.07, 6.45) is 1.44. The molecular weight excluding hydrogens is 324 g/mol. The Morgan fingerprint density at radius 3 is 2.36 bits per heavy atom. The molecule has 0 aliphatic heterocycles. The van der Waals surface area contributed by atoms with E-state index in [1.54, 1.807) is 33.3 Å². The van der Waals surface area contributed by atoms with Gasteiger partial charge in [0.2, 0.25) is 5.91 Å². The van der Waals surface area contributed by atoms with Crippen LogP contribution in [0.4, 0.5) is 11.4 Å². The fourth-order valence-corrected chi connectivity index (χ4v) is 2.24. The van der Waals surface area contributed by atoms with Crippen LogP contribution >= 0.6 is 0 Å². The maximum Gasteiger partial charge on any atom is 0.269 e. The number of nitro groups is 1. The lowest BCUT2D eigenvalue weighted by Gasteiger charge is -2.11. The van der Waals surface area contributed by atoms with Crippen LogP contribution in [0.3, 0.4) is 0 Å². The third kappa shape index (κ3) is 4.57. The molecule has 0 saturated heterocycles. The van der Waals surface area contributed by atoms with Crippen LogP contribution in [0.15, 0.2) is 48.5 Å². The molecule has 0 unspecified atom stereocenters. The van der Waals surface area contributed by atoms with Gasteiger partial charge in [-0.05, 0) is 36.8 Å². The van der Waals surface area contributed by atoms with Crippen LogP contribution in [-0.4, -0.2) is 25.1 Å². The quantitative estimate of drug-likeness (QED) is 0.491. The van der Waals surface area contributed by atoms with E-state index in [1.807, 2.05) is 6.07 Å². The Kier molecular flexibility index (Phi) is 5.73. The first kappa shape index (κ1) is 18.0. The molecule has 25 heavy (non-hydrogen) atoms. The van der Waals surface area contributed by atoms with E-state index in [-0.39, 0.29) is 11.6 Å². The minimum absolute atomic E-state index is 0.0345. The monoisotopic (exact) mass is 342 g/mol. The molecule has 0 fully saturated rings. The summed E-state index contributed by atoms with van der Waals surface area (Å²) in [5.74, 6) is 0.907. The molecule has 0 atom stereocenters. The Bertz CT molecular complexity index is 813. The van der Waals surface area contributed by atoms with Crippen molar-refractivity contribution in [3.05, 3.63) is 64.2 Å². The third-order valence-electron chi connectivity index (χ3n) is 3.53. The number of methoxy groups -OCH3 is 2. The zero-order valence-electron chi connectivity index (χ0n) is 14.1. The van der Waals surface area contributed by atoms with Crippen molar-refractivity contribution in [2.75, 3.05) is 19.5 Å². The number of nitrogens with one attached hydrogen (secondary N) is 1. The molecule has 0 heterocycles. The second-order valence-corrected chi connectivity index (χ2v) is 5.19. The second kappa shape index (κ2) is 7.96. The van der Waals surface area contributed by atoms with Gasteiger partial charge in [0.05, 0.1) is 19.1 Å². The third-order valence-corrected chi connectivity index (χ3v) is 3.53. The van der Waals surface area contributed by atoms with Crippen molar-refractivity contribution in [1.82, 2.24) is 0 Å². The Morgan fingerprint density at radius 2 is 1.80 bits per heavy atom. The van der Waals surface area contributed by atoms with Crippen molar-refractivity contribution in [3.8, 4) is 11.5 Å². The summed E-state index contributed by atoms with van der Waals surface area (Å²) in [6.45, 7) is 1.79. The van der Waals surface area contributed by atoms with E-state index in [1.165, 1.54) is 30.3 Å². The van der Waals surface area contributed by atoms with Crippen LogP contribution < -0.4 is 14.8 Å². The van der Waals surface area contributed by atoms with Crippen molar-refractivity contribution in [3.63, 3.8) is 0 Å². The molecule has 0 aromatic heterocycles. The summed E-state index contributed by atoms with van der Waals surface area (Å²) in [5, 5.41) is 13.3. The normalized spacial score (nSPS) is 10.9. The van der Waals surface area contributed by atoms with Gasteiger partial charge in [0, 0.05) is 35.5 Å². The first-order chi connectivity index (χ1) is 11.9. The van der Waals surface area contributed by atoms with Gasteiger partial charge in [-0.1, -0.05) is 0 Å². The van der Waals surface area contributed by atoms with Crippen LogP contribution in [0.5, 0.6) is 11.5 Å². The van der Waals surface area contributed by atoms with Crippen LogP contribution in [0.2, 0.25) is 0 Å². The summed E-state index contributed by atoms with van der Waals surface area (Å²) in [6, 6.07) is 10.9. The number of rotatable bonds is 6. The highest BCUT2D eigenvalue weighted by Gasteiger charge is 2.09. The number of hydrogen-bond donors (Lipinski definition) is 1. The Balaban J connectivity index is 2.16. The summed E-state index contributed by atoms with van der Waals surface area (Å²) in [7, 11) is 3.11. The Morgan fingerprint density at radius 1 is 1.12 bits per heavy atom. The number of ether oxygens (including phenoxy) is 2. The Hall–Kier alpha value is -3.35. The number of anilines is 1. The summed E-state index contributed by atoms with van der Waals surface area (Å²) in [5.41, 5.74) is 1.91. The molecule has 7 heteroatoms. The zero-order chi connectivity index (χ0) is 18.4. The molecule has 0 spiro atoms. The fraction of sp³-hybridized carbons (Fsp3) is 0.167. The van der Waals surface area contributed by atoms with Crippen LogP contribution in [-0.2, 0) is 4.79 Å². The van der Waals surface area contributed by atoms with Crippen molar-refractivity contribution < 1.29 is 19.2 Å². The van der Waals surface area contributed by atoms with E-state index in [2.05, 4.69) is 5.32 Å². The number of nitro benzene ring substituents is 1. The summed E-state index contributed by atoms with van der Waals surface area (Å²) < 4.78 is 10.5. The largest absolute Gasteiger partial charge is 0.497 e. The standard InChI is InChI=1S/C18H18N2O5/c1-12(16-9-8-15(24-2)11-17(16)25-3)10-18(21)19-13-4-6-14(7-5-13)20(22)23/h4-11H,1-3H3,(H,19,21)/b12-10+. The highest BCUT2D eigenvalue weighted by molar-refractivity contribution is 6.04. The number of hydrogen-bond acceptors (Lipinski definition) is 5. The molecule has 1 amide bonds. The fourth-order valence-electron chi connectivity index (χ4n) is 2.24. The topological polar surface area (TPSA) is 90.7 Å². The molecule has 0 aliphatic rings. The first-order valence-corrected chi connectivity index (χ1v) is 7.40. The van der Waals surface area contributed by atoms with Crippen molar-refractivity contribution in [2.24, 2.45) is 0 Å².